The molecule has 0 saturated carbocycles. The third kappa shape index (κ3) is 5.57. The van der Waals surface area contributed by atoms with Crippen molar-refractivity contribution in [2.24, 2.45) is 10.2 Å². The number of azo groups is 1. The lowest BCUT2D eigenvalue weighted by Crippen LogP contribution is -2.37. The van der Waals surface area contributed by atoms with Crippen LogP contribution >= 0.6 is 0 Å². The Bertz CT molecular complexity index is 282. The van der Waals surface area contributed by atoms with Crippen molar-refractivity contribution in [3.8, 4) is 0 Å². The molecule has 0 fully saturated rings. The van der Waals surface area contributed by atoms with E-state index < -0.39 is 20.5 Å². The maximum Gasteiger partial charge on any atom is 0.452 e. The van der Waals surface area contributed by atoms with Crippen LogP contribution in [-0.4, -0.2) is 27.1 Å². The van der Waals surface area contributed by atoms with E-state index in [-0.39, 0.29) is 6.61 Å². The number of hydrogen-bond acceptors (Lipinski definition) is 4. The van der Waals surface area contributed by atoms with Crippen molar-refractivity contribution in [3.63, 3.8) is 0 Å². The molecule has 0 heterocycles. The third-order valence-electron chi connectivity index (χ3n) is 2.72. The van der Waals surface area contributed by atoms with Crippen LogP contribution in [0.15, 0.2) is 10.2 Å². The Labute approximate surface area is 103 Å². The summed E-state index contributed by atoms with van der Waals surface area (Å²) in [6.07, 6.45) is -1.67. The molecule has 6 nitrogen and oxygen atoms in total. The Hall–Kier alpha value is -1.24. The van der Waals surface area contributed by atoms with Gasteiger partial charge in [-0.15, -0.1) is 0 Å². The number of nitrogens with zero attached hydrogens (tertiary/aromatic N) is 2. The summed E-state index contributed by atoms with van der Waals surface area (Å²) in [5, 5.41) is 6.31. The quantitative estimate of drug-likeness (QED) is 0.557. The van der Waals surface area contributed by atoms with Gasteiger partial charge < -0.3 is 9.16 Å². The molecule has 98 valence electrons. The normalized spacial score (nSPS) is 11.5. The lowest BCUT2D eigenvalue weighted by Gasteiger charge is -2.25. The highest BCUT2D eigenvalue weighted by molar-refractivity contribution is 6.74. The lowest BCUT2D eigenvalue weighted by molar-refractivity contribution is 0.160. The summed E-state index contributed by atoms with van der Waals surface area (Å²) in [6, 6.07) is 2.50. The summed E-state index contributed by atoms with van der Waals surface area (Å²) >= 11 is 0. The highest BCUT2D eigenvalue weighted by Gasteiger charge is 2.32. The Kier molecular flexibility index (Phi) is 7.36. The van der Waals surface area contributed by atoms with Gasteiger partial charge in [0.2, 0.25) is 0 Å². The van der Waals surface area contributed by atoms with E-state index in [9.17, 15) is 9.59 Å². The molecule has 0 saturated heterocycles. The summed E-state index contributed by atoms with van der Waals surface area (Å²) in [6.45, 7) is 7.83. The van der Waals surface area contributed by atoms with E-state index in [4.69, 9.17) is 4.43 Å². The number of rotatable bonds is 5. The molecule has 0 radical (unpaired) electrons. The van der Waals surface area contributed by atoms with Gasteiger partial charge in [-0.2, -0.15) is 0 Å². The van der Waals surface area contributed by atoms with Crippen LogP contribution in [-0.2, 0) is 9.16 Å². The van der Waals surface area contributed by atoms with Gasteiger partial charge in [0, 0.05) is 0 Å². The minimum atomic E-state index is -2.03. The van der Waals surface area contributed by atoms with Gasteiger partial charge in [0.05, 0.1) is 6.61 Å². The van der Waals surface area contributed by atoms with Gasteiger partial charge in [0.15, 0.2) is 0 Å². The van der Waals surface area contributed by atoms with E-state index in [2.05, 4.69) is 15.0 Å². The number of hydrogen-bond donors (Lipinski definition) is 0. The number of amides is 2. The molecule has 0 bridgehead atoms. The fourth-order valence-corrected chi connectivity index (χ4v) is 3.75. The van der Waals surface area contributed by atoms with Gasteiger partial charge in [-0.3, -0.25) is 0 Å². The van der Waals surface area contributed by atoms with Gasteiger partial charge >= 0.3 is 12.2 Å². The summed E-state index contributed by atoms with van der Waals surface area (Å²) in [4.78, 5) is 22.2. The summed E-state index contributed by atoms with van der Waals surface area (Å²) in [7, 11) is -2.03. The average molecular weight is 260 g/mol. The molecule has 7 heteroatoms. The van der Waals surface area contributed by atoms with Crippen molar-refractivity contribution in [2.45, 2.75) is 45.8 Å². The summed E-state index contributed by atoms with van der Waals surface area (Å²) in [5.41, 5.74) is 0. The van der Waals surface area contributed by atoms with E-state index >= 15 is 0 Å². The van der Waals surface area contributed by atoms with Crippen LogP contribution in [0.3, 0.4) is 0 Å². The Morgan fingerprint density at radius 2 is 1.41 bits per heavy atom. The van der Waals surface area contributed by atoms with Crippen molar-refractivity contribution in [2.75, 3.05) is 6.61 Å². The lowest BCUT2D eigenvalue weighted by atomic mass is 10.9. The minimum Gasteiger partial charge on any atom is -0.501 e. The smallest absolute Gasteiger partial charge is 0.452 e. The molecule has 0 N–H and O–H groups in total. The van der Waals surface area contributed by atoms with Crippen molar-refractivity contribution >= 4 is 20.5 Å². The molecular formula is C10H20N2O4Si. The van der Waals surface area contributed by atoms with Crippen molar-refractivity contribution in [1.29, 1.82) is 0 Å². The maximum absolute atomic E-state index is 11.4. The molecule has 0 atom stereocenters. The Morgan fingerprint density at radius 1 is 0.941 bits per heavy atom. The van der Waals surface area contributed by atoms with Gasteiger partial charge in [-0.05, 0) is 25.1 Å². The van der Waals surface area contributed by atoms with Crippen LogP contribution < -0.4 is 0 Å². The molecule has 0 aromatic rings. The largest absolute Gasteiger partial charge is 0.501 e. The van der Waals surface area contributed by atoms with Crippen molar-refractivity contribution in [1.82, 2.24) is 0 Å². The fraction of sp³-hybridized carbons (Fsp3) is 0.800. The van der Waals surface area contributed by atoms with Crippen LogP contribution in [0.5, 0.6) is 0 Å². The molecule has 0 unspecified atom stereocenters. The molecule has 0 aliphatic heterocycles. The number of ether oxygens (including phenoxy) is 1. The molecule has 17 heavy (non-hydrogen) atoms. The van der Waals surface area contributed by atoms with E-state index in [1.807, 2.05) is 20.8 Å². The highest BCUT2D eigenvalue weighted by atomic mass is 28.4. The first kappa shape index (κ1) is 15.8. The molecule has 0 aromatic carbocycles. The zero-order chi connectivity index (χ0) is 13.3. The van der Waals surface area contributed by atoms with Crippen LogP contribution in [0.1, 0.15) is 27.7 Å². The van der Waals surface area contributed by atoms with Crippen LogP contribution in [0.4, 0.5) is 9.59 Å². The van der Waals surface area contributed by atoms with Crippen LogP contribution in [0.25, 0.3) is 0 Å². The van der Waals surface area contributed by atoms with Gasteiger partial charge in [0.1, 0.15) is 0 Å². The van der Waals surface area contributed by atoms with Crippen molar-refractivity contribution < 1.29 is 18.8 Å². The second-order valence-corrected chi connectivity index (χ2v) is 8.20. The SMILES string of the molecule is CCOC(=O)/N=N/C(=O)O[Si](CC)(CC)CC. The predicted octanol–water partition coefficient (Wildman–Crippen LogP) is 3.74. The van der Waals surface area contributed by atoms with E-state index in [0.717, 1.165) is 18.1 Å². The van der Waals surface area contributed by atoms with Crippen LogP contribution in [0.2, 0.25) is 18.1 Å². The topological polar surface area (TPSA) is 77.3 Å². The van der Waals surface area contributed by atoms with Gasteiger partial charge in [-0.25, -0.2) is 9.59 Å². The van der Waals surface area contributed by atoms with Crippen molar-refractivity contribution in [3.05, 3.63) is 0 Å². The second kappa shape index (κ2) is 7.94. The second-order valence-electron chi connectivity index (χ2n) is 3.51. The Balaban J connectivity index is 4.38. The van der Waals surface area contributed by atoms with Crippen LogP contribution in [0, 0.1) is 0 Å². The molecule has 0 spiro atoms. The fourth-order valence-electron chi connectivity index (χ4n) is 1.41. The monoisotopic (exact) mass is 260 g/mol. The zero-order valence-electron chi connectivity index (χ0n) is 10.9. The summed E-state index contributed by atoms with van der Waals surface area (Å²) in [5.74, 6) is 0. The first-order valence-electron chi connectivity index (χ1n) is 5.85. The highest BCUT2D eigenvalue weighted by Crippen LogP contribution is 2.22. The molecule has 2 amide bonds. The minimum absolute atomic E-state index is 0.199. The van der Waals surface area contributed by atoms with E-state index in [1.165, 1.54) is 0 Å². The van der Waals surface area contributed by atoms with Gasteiger partial charge in [0.25, 0.3) is 8.32 Å². The zero-order valence-corrected chi connectivity index (χ0v) is 11.9. The molecule has 0 aliphatic carbocycles. The molecular weight excluding hydrogens is 240 g/mol. The maximum atomic E-state index is 11.4. The van der Waals surface area contributed by atoms with Gasteiger partial charge in [-0.1, -0.05) is 31.0 Å². The number of carbonyl (C=O) groups excluding carboxylic acids is 2. The first-order chi connectivity index (χ1) is 8.03. The predicted molar refractivity (Wildman–Crippen MR) is 65.6 cm³/mol. The molecule has 0 aliphatic rings. The summed E-state index contributed by atoms with van der Waals surface area (Å²) < 4.78 is 9.85. The molecule has 0 rings (SSSR count). The average Bonchev–Trinajstić information content (AvgIpc) is 2.34. The standard InChI is InChI=1S/C10H20N2O4Si/c1-5-15-9(13)11-12-10(14)16-17(6-2,7-3)8-4/h5-8H2,1-4H3/b12-11+. The molecule has 0 aromatic heterocycles. The Morgan fingerprint density at radius 3 is 1.82 bits per heavy atom. The number of carbonyl (C=O) groups is 2. The van der Waals surface area contributed by atoms with E-state index in [1.54, 1.807) is 6.92 Å². The first-order valence-corrected chi connectivity index (χ1v) is 8.38. The third-order valence-corrected chi connectivity index (χ3v) is 7.19. The van der Waals surface area contributed by atoms with E-state index in [0.29, 0.717) is 0 Å².